The van der Waals surface area contributed by atoms with Crippen LogP contribution >= 0.6 is 22.7 Å². The molecule has 2 aromatic heterocycles. The fraction of sp³-hybridized carbons (Fsp3) is 0.294. The van der Waals surface area contributed by atoms with Crippen LogP contribution in [0.4, 0.5) is 24.0 Å². The summed E-state index contributed by atoms with van der Waals surface area (Å²) in [4.78, 5) is 9.74. The summed E-state index contributed by atoms with van der Waals surface area (Å²) in [7, 11) is 0. The van der Waals surface area contributed by atoms with Crippen LogP contribution < -0.4 is 10.1 Å². The zero-order valence-corrected chi connectivity index (χ0v) is 16.3. The van der Waals surface area contributed by atoms with Crippen LogP contribution in [0.5, 0.6) is 5.75 Å². The topological polar surface area (TPSA) is 47.0 Å². The molecule has 0 saturated heterocycles. The third kappa shape index (κ3) is 5.18. The van der Waals surface area contributed by atoms with Gasteiger partial charge in [-0.25, -0.2) is 9.97 Å². The molecular formula is C17H18F3N3OS2. The van der Waals surface area contributed by atoms with Gasteiger partial charge in [0.25, 0.3) is 0 Å². The van der Waals surface area contributed by atoms with E-state index in [0.29, 0.717) is 5.13 Å². The van der Waals surface area contributed by atoms with Gasteiger partial charge in [-0.2, -0.15) is 0 Å². The van der Waals surface area contributed by atoms with Gasteiger partial charge in [0, 0.05) is 5.38 Å². The van der Waals surface area contributed by atoms with Crippen molar-refractivity contribution < 1.29 is 17.9 Å². The van der Waals surface area contributed by atoms with Crippen LogP contribution in [0.3, 0.4) is 0 Å². The van der Waals surface area contributed by atoms with Gasteiger partial charge in [0.2, 0.25) is 0 Å². The lowest BCUT2D eigenvalue weighted by molar-refractivity contribution is -0.274. The molecule has 0 radical (unpaired) electrons. The maximum atomic E-state index is 12.5. The Hall–Kier alpha value is -2.13. The number of hydrogen-bond acceptors (Lipinski definition) is 6. The summed E-state index contributed by atoms with van der Waals surface area (Å²) in [6.07, 6.45) is -4.75. The number of thiazole rings is 2. The second kappa shape index (κ2) is 8.50. The van der Waals surface area contributed by atoms with Crippen LogP contribution in [0, 0.1) is 13.8 Å². The zero-order valence-electron chi connectivity index (χ0n) is 14.6. The predicted molar refractivity (Wildman–Crippen MR) is 100 cm³/mol. The maximum Gasteiger partial charge on any atom is 0.573 e. The highest BCUT2D eigenvalue weighted by atomic mass is 32.1. The predicted octanol–water partition coefficient (Wildman–Crippen LogP) is 6.55. The van der Waals surface area contributed by atoms with Crippen LogP contribution in [0.15, 0.2) is 29.6 Å². The average Bonchev–Trinajstić information content (AvgIpc) is 3.16. The van der Waals surface area contributed by atoms with E-state index in [1.54, 1.807) is 6.07 Å². The van der Waals surface area contributed by atoms with Gasteiger partial charge in [0.1, 0.15) is 0 Å². The van der Waals surface area contributed by atoms with Gasteiger partial charge < -0.3 is 10.1 Å². The Morgan fingerprint density at radius 2 is 1.77 bits per heavy atom. The fourth-order valence-corrected chi connectivity index (χ4v) is 3.77. The van der Waals surface area contributed by atoms with Gasteiger partial charge in [-0.3, -0.25) is 0 Å². The molecule has 1 N–H and O–H groups in total. The van der Waals surface area contributed by atoms with Crippen LogP contribution in [-0.2, 0) is 0 Å². The van der Waals surface area contributed by atoms with Crippen LogP contribution in [0.1, 0.15) is 24.5 Å². The van der Waals surface area contributed by atoms with Crippen molar-refractivity contribution in [3.63, 3.8) is 0 Å². The van der Waals surface area contributed by atoms with E-state index < -0.39 is 6.36 Å². The number of hydrogen-bond donors (Lipinski definition) is 1. The first kappa shape index (κ1) is 20.2. The Bertz CT molecular complexity index is 859. The van der Waals surface area contributed by atoms with Crippen molar-refractivity contribution in [1.82, 2.24) is 9.97 Å². The third-order valence-electron chi connectivity index (χ3n) is 2.99. The molecule has 2 heterocycles. The summed E-state index contributed by atoms with van der Waals surface area (Å²) in [5.74, 6) is -0.299. The Morgan fingerprint density at radius 1 is 1.08 bits per heavy atom. The quantitative estimate of drug-likeness (QED) is 0.538. The molecule has 3 rings (SSSR count). The molecule has 9 heteroatoms. The highest BCUT2D eigenvalue weighted by Crippen LogP contribution is 2.36. The van der Waals surface area contributed by atoms with E-state index in [1.807, 2.05) is 33.1 Å². The first-order valence-electron chi connectivity index (χ1n) is 7.83. The third-order valence-corrected chi connectivity index (χ3v) is 4.85. The molecule has 26 heavy (non-hydrogen) atoms. The smallest absolute Gasteiger partial charge is 0.404 e. The van der Waals surface area contributed by atoms with Crippen molar-refractivity contribution in [1.29, 1.82) is 0 Å². The van der Waals surface area contributed by atoms with Crippen LogP contribution in [0.2, 0.25) is 0 Å². The molecule has 0 unspecified atom stereocenters. The number of alkyl halides is 3. The minimum absolute atomic E-state index is 0.202. The molecule has 0 bridgehead atoms. The normalized spacial score (nSPS) is 10.9. The molecule has 0 amide bonds. The van der Waals surface area contributed by atoms with E-state index >= 15 is 0 Å². The SMILES string of the molecule is CC.Cc1nc(C)c(-c2csc(Nc3ccccc3OC(F)(F)F)n2)s1. The first-order chi connectivity index (χ1) is 12.3. The zero-order chi connectivity index (χ0) is 19.3. The van der Waals surface area contributed by atoms with Gasteiger partial charge in [-0.15, -0.1) is 35.8 Å². The summed E-state index contributed by atoms with van der Waals surface area (Å²) < 4.78 is 41.4. The molecule has 0 aliphatic heterocycles. The molecule has 1 aromatic carbocycles. The number of benzene rings is 1. The molecule has 0 aliphatic carbocycles. The maximum absolute atomic E-state index is 12.5. The number of anilines is 2. The van der Waals surface area contributed by atoms with E-state index in [-0.39, 0.29) is 11.4 Å². The van der Waals surface area contributed by atoms with Crippen LogP contribution in [0.25, 0.3) is 10.6 Å². The van der Waals surface area contributed by atoms with Gasteiger partial charge >= 0.3 is 6.36 Å². The van der Waals surface area contributed by atoms with Gasteiger partial charge in [0.05, 0.1) is 27.0 Å². The Balaban J connectivity index is 0.00000117. The van der Waals surface area contributed by atoms with Crippen molar-refractivity contribution >= 4 is 33.5 Å². The molecular weight excluding hydrogens is 383 g/mol. The second-order valence-corrected chi connectivity index (χ2v) is 6.92. The highest BCUT2D eigenvalue weighted by Gasteiger charge is 2.32. The van der Waals surface area contributed by atoms with Crippen molar-refractivity contribution in [2.24, 2.45) is 0 Å². The largest absolute Gasteiger partial charge is 0.573 e. The van der Waals surface area contributed by atoms with Gasteiger partial charge in [0.15, 0.2) is 10.9 Å². The summed E-state index contributed by atoms with van der Waals surface area (Å²) in [6, 6.07) is 5.85. The van der Waals surface area contributed by atoms with Crippen molar-refractivity contribution in [3.8, 4) is 16.3 Å². The molecule has 4 nitrogen and oxygen atoms in total. The molecule has 140 valence electrons. The van der Waals surface area contributed by atoms with Crippen molar-refractivity contribution in [2.45, 2.75) is 34.1 Å². The number of para-hydroxylation sites is 2. The van der Waals surface area contributed by atoms with E-state index in [2.05, 4.69) is 20.0 Å². The number of aryl methyl sites for hydroxylation is 2. The number of aromatic nitrogens is 2. The lowest BCUT2D eigenvalue weighted by Crippen LogP contribution is -2.17. The number of halogens is 3. The van der Waals surface area contributed by atoms with Gasteiger partial charge in [-0.05, 0) is 26.0 Å². The molecule has 3 aromatic rings. The Labute approximate surface area is 157 Å². The minimum Gasteiger partial charge on any atom is -0.404 e. The van der Waals surface area contributed by atoms with Crippen molar-refractivity contribution in [3.05, 3.63) is 40.3 Å². The molecule has 0 spiro atoms. The molecule has 0 atom stereocenters. The van der Waals surface area contributed by atoms with Gasteiger partial charge in [-0.1, -0.05) is 26.0 Å². The van der Waals surface area contributed by atoms with E-state index in [4.69, 9.17) is 0 Å². The summed E-state index contributed by atoms with van der Waals surface area (Å²) in [6.45, 7) is 7.81. The monoisotopic (exact) mass is 401 g/mol. The molecule has 0 aliphatic rings. The summed E-state index contributed by atoms with van der Waals surface area (Å²) in [5.41, 5.74) is 1.84. The lowest BCUT2D eigenvalue weighted by atomic mass is 10.3. The van der Waals surface area contributed by atoms with Crippen LogP contribution in [-0.4, -0.2) is 16.3 Å². The van der Waals surface area contributed by atoms with E-state index in [9.17, 15) is 13.2 Å². The summed E-state index contributed by atoms with van der Waals surface area (Å²) in [5, 5.41) is 6.14. The second-order valence-electron chi connectivity index (χ2n) is 4.85. The Kier molecular flexibility index (Phi) is 6.60. The number of rotatable bonds is 4. The lowest BCUT2D eigenvalue weighted by Gasteiger charge is -2.13. The fourth-order valence-electron chi connectivity index (χ4n) is 2.10. The first-order valence-corrected chi connectivity index (χ1v) is 9.53. The summed E-state index contributed by atoms with van der Waals surface area (Å²) >= 11 is 2.83. The van der Waals surface area contributed by atoms with E-state index in [1.165, 1.54) is 40.9 Å². The van der Waals surface area contributed by atoms with Crippen molar-refractivity contribution in [2.75, 3.05) is 5.32 Å². The molecule has 0 fully saturated rings. The number of nitrogens with one attached hydrogen (secondary N) is 1. The Morgan fingerprint density at radius 3 is 2.38 bits per heavy atom. The average molecular weight is 401 g/mol. The standard InChI is InChI=1S/C15H12F3N3OS2.C2H6/c1-8-13(24-9(2)19-8)11-7-23-14(21-11)20-10-5-3-4-6-12(10)22-15(16,17)18;1-2/h3-7H,1-2H3,(H,20,21);1-2H3. The number of ether oxygens (including phenoxy) is 1. The highest BCUT2D eigenvalue weighted by molar-refractivity contribution is 7.16. The molecule has 0 saturated carbocycles. The number of nitrogens with zero attached hydrogens (tertiary/aromatic N) is 2. The minimum atomic E-state index is -4.75. The van der Waals surface area contributed by atoms with E-state index in [0.717, 1.165) is 21.3 Å².